The van der Waals surface area contributed by atoms with E-state index < -0.39 is 0 Å². The molecule has 1 saturated heterocycles. The molecule has 18 heavy (non-hydrogen) atoms. The van der Waals surface area contributed by atoms with Crippen molar-refractivity contribution in [2.75, 3.05) is 39.5 Å². The van der Waals surface area contributed by atoms with E-state index >= 15 is 0 Å². The highest BCUT2D eigenvalue weighted by atomic mass is 16.5. The predicted octanol–water partition coefficient (Wildman–Crippen LogP) is 0.992. The maximum Gasteiger partial charge on any atom is 0.0613 e. The highest BCUT2D eigenvalue weighted by Crippen LogP contribution is 2.31. The summed E-state index contributed by atoms with van der Waals surface area (Å²) in [6, 6.07) is 0.624. The second-order valence-electron chi connectivity index (χ2n) is 5.76. The lowest BCUT2D eigenvalue weighted by molar-refractivity contribution is -0.0103. The largest absolute Gasteiger partial charge is 0.394 e. The highest BCUT2D eigenvalue weighted by molar-refractivity contribution is 4.96. The molecule has 0 aromatic carbocycles. The van der Waals surface area contributed by atoms with Crippen LogP contribution in [0.5, 0.6) is 0 Å². The number of aliphatic hydroxyl groups excluding tert-OH is 1. The molecule has 0 aromatic heterocycles. The first kappa shape index (κ1) is 14.3. The maximum atomic E-state index is 9.78. The van der Waals surface area contributed by atoms with Crippen molar-refractivity contribution >= 4 is 0 Å². The van der Waals surface area contributed by atoms with E-state index in [1.807, 2.05) is 0 Å². The number of hydrogen-bond donors (Lipinski definition) is 2. The van der Waals surface area contributed by atoms with Gasteiger partial charge in [-0.2, -0.15) is 0 Å². The third-order valence-electron chi connectivity index (χ3n) is 4.43. The number of nitrogens with zero attached hydrogens (tertiary/aromatic N) is 1. The minimum atomic E-state index is -0.0305. The monoisotopic (exact) mass is 256 g/mol. The van der Waals surface area contributed by atoms with Gasteiger partial charge < -0.3 is 15.2 Å². The number of morpholine rings is 1. The molecule has 4 heteroatoms. The first-order valence-corrected chi connectivity index (χ1v) is 7.47. The van der Waals surface area contributed by atoms with E-state index in [1.165, 1.54) is 12.8 Å². The van der Waals surface area contributed by atoms with Gasteiger partial charge in [0.05, 0.1) is 19.8 Å². The molecule has 2 N–H and O–H groups in total. The fraction of sp³-hybridized carbons (Fsp3) is 1.00. The van der Waals surface area contributed by atoms with Gasteiger partial charge >= 0.3 is 0 Å². The van der Waals surface area contributed by atoms with Crippen LogP contribution >= 0.6 is 0 Å². The summed E-state index contributed by atoms with van der Waals surface area (Å²) < 4.78 is 5.43. The summed E-state index contributed by atoms with van der Waals surface area (Å²) in [6.07, 6.45) is 5.83. The van der Waals surface area contributed by atoms with Gasteiger partial charge in [0.15, 0.2) is 0 Å². The molecule has 0 radical (unpaired) electrons. The molecule has 2 rings (SSSR count). The summed E-state index contributed by atoms with van der Waals surface area (Å²) in [4.78, 5) is 2.56. The van der Waals surface area contributed by atoms with Gasteiger partial charge in [0, 0.05) is 24.7 Å². The van der Waals surface area contributed by atoms with Crippen LogP contribution in [-0.2, 0) is 4.74 Å². The quantitative estimate of drug-likeness (QED) is 0.770. The average molecular weight is 256 g/mol. The summed E-state index contributed by atoms with van der Waals surface area (Å²) >= 11 is 0. The van der Waals surface area contributed by atoms with Crippen molar-refractivity contribution in [2.24, 2.45) is 0 Å². The molecule has 2 unspecified atom stereocenters. The van der Waals surface area contributed by atoms with E-state index in [0.29, 0.717) is 6.04 Å². The van der Waals surface area contributed by atoms with Crippen LogP contribution in [0.1, 0.15) is 39.0 Å². The Hall–Kier alpha value is -0.160. The Labute approximate surface area is 111 Å². The van der Waals surface area contributed by atoms with Gasteiger partial charge in [-0.3, -0.25) is 4.90 Å². The topological polar surface area (TPSA) is 44.7 Å². The van der Waals surface area contributed by atoms with E-state index in [0.717, 1.165) is 52.1 Å². The molecule has 1 aliphatic carbocycles. The van der Waals surface area contributed by atoms with Crippen molar-refractivity contribution in [3.8, 4) is 0 Å². The van der Waals surface area contributed by atoms with Crippen molar-refractivity contribution in [3.63, 3.8) is 0 Å². The van der Waals surface area contributed by atoms with Crippen molar-refractivity contribution in [3.05, 3.63) is 0 Å². The fourth-order valence-electron chi connectivity index (χ4n) is 3.34. The van der Waals surface area contributed by atoms with Gasteiger partial charge in [0.2, 0.25) is 0 Å². The number of ether oxygens (including phenoxy) is 1. The number of nitrogens with one attached hydrogen (secondary N) is 1. The van der Waals surface area contributed by atoms with E-state index in [2.05, 4.69) is 17.1 Å². The second kappa shape index (κ2) is 6.85. The molecule has 0 aromatic rings. The van der Waals surface area contributed by atoms with Crippen molar-refractivity contribution in [1.82, 2.24) is 10.2 Å². The molecule has 1 saturated carbocycles. The Morgan fingerprint density at radius 1 is 1.39 bits per heavy atom. The molecule has 2 aliphatic rings. The lowest BCUT2D eigenvalue weighted by atomic mass is 9.78. The average Bonchev–Trinajstić information content (AvgIpc) is 2.46. The van der Waals surface area contributed by atoms with Gasteiger partial charge in [-0.25, -0.2) is 0 Å². The second-order valence-corrected chi connectivity index (χ2v) is 5.76. The van der Waals surface area contributed by atoms with Crippen LogP contribution in [0.25, 0.3) is 0 Å². The molecule has 1 heterocycles. The summed E-state index contributed by atoms with van der Waals surface area (Å²) in [7, 11) is 0. The SMILES string of the molecule is CCCNC1(CO)CCCC(N2CCOCC2)C1. The third-order valence-corrected chi connectivity index (χ3v) is 4.43. The zero-order valence-electron chi connectivity index (χ0n) is 11.7. The zero-order chi connectivity index (χ0) is 12.8. The fourth-order valence-corrected chi connectivity index (χ4v) is 3.34. The molecule has 0 amide bonds. The molecule has 2 atom stereocenters. The predicted molar refractivity (Wildman–Crippen MR) is 72.8 cm³/mol. The first-order chi connectivity index (χ1) is 8.79. The number of hydrogen-bond acceptors (Lipinski definition) is 4. The highest BCUT2D eigenvalue weighted by Gasteiger charge is 2.37. The van der Waals surface area contributed by atoms with Crippen LogP contribution in [0.4, 0.5) is 0 Å². The van der Waals surface area contributed by atoms with Crippen molar-refractivity contribution in [1.29, 1.82) is 0 Å². The van der Waals surface area contributed by atoms with Gasteiger partial charge in [-0.1, -0.05) is 6.92 Å². The lowest BCUT2D eigenvalue weighted by Crippen LogP contribution is -2.57. The van der Waals surface area contributed by atoms with Crippen LogP contribution in [-0.4, -0.2) is 61.0 Å². The van der Waals surface area contributed by atoms with E-state index in [9.17, 15) is 5.11 Å². The van der Waals surface area contributed by atoms with Crippen LogP contribution < -0.4 is 5.32 Å². The normalized spacial score (nSPS) is 34.7. The van der Waals surface area contributed by atoms with Gasteiger partial charge in [-0.15, -0.1) is 0 Å². The lowest BCUT2D eigenvalue weighted by Gasteiger charge is -2.45. The molecule has 1 aliphatic heterocycles. The summed E-state index contributed by atoms with van der Waals surface area (Å²) in [6.45, 7) is 7.31. The molecule has 2 fully saturated rings. The smallest absolute Gasteiger partial charge is 0.0613 e. The molecule has 106 valence electrons. The van der Waals surface area contributed by atoms with Crippen LogP contribution in [0.2, 0.25) is 0 Å². The van der Waals surface area contributed by atoms with Crippen LogP contribution in [0.3, 0.4) is 0 Å². The van der Waals surface area contributed by atoms with Gasteiger partial charge in [-0.05, 0) is 38.6 Å². The summed E-state index contributed by atoms with van der Waals surface area (Å²) in [5.41, 5.74) is -0.0305. The molecular weight excluding hydrogens is 228 g/mol. The molecule has 0 bridgehead atoms. The molecular formula is C14H28N2O2. The Morgan fingerprint density at radius 3 is 2.83 bits per heavy atom. The minimum absolute atomic E-state index is 0.0305. The Kier molecular flexibility index (Phi) is 5.42. The zero-order valence-corrected chi connectivity index (χ0v) is 11.7. The Balaban J connectivity index is 1.92. The number of aliphatic hydroxyl groups is 1. The Morgan fingerprint density at radius 2 is 2.17 bits per heavy atom. The van der Waals surface area contributed by atoms with Crippen molar-refractivity contribution in [2.45, 2.75) is 50.6 Å². The first-order valence-electron chi connectivity index (χ1n) is 7.47. The third kappa shape index (κ3) is 3.44. The summed E-state index contributed by atoms with van der Waals surface area (Å²) in [5, 5.41) is 13.4. The Bertz CT molecular complexity index is 244. The molecule has 0 spiro atoms. The standard InChI is InChI=1S/C14H28N2O2/c1-2-6-15-14(12-17)5-3-4-13(11-14)16-7-9-18-10-8-16/h13,15,17H,2-12H2,1H3. The summed E-state index contributed by atoms with van der Waals surface area (Å²) in [5.74, 6) is 0. The van der Waals surface area contributed by atoms with E-state index in [4.69, 9.17) is 4.74 Å². The van der Waals surface area contributed by atoms with Crippen LogP contribution in [0, 0.1) is 0 Å². The molecule has 4 nitrogen and oxygen atoms in total. The van der Waals surface area contributed by atoms with Gasteiger partial charge in [0.1, 0.15) is 0 Å². The minimum Gasteiger partial charge on any atom is -0.394 e. The van der Waals surface area contributed by atoms with E-state index in [-0.39, 0.29) is 12.1 Å². The maximum absolute atomic E-state index is 9.78. The van der Waals surface area contributed by atoms with Crippen molar-refractivity contribution < 1.29 is 9.84 Å². The van der Waals surface area contributed by atoms with Gasteiger partial charge in [0.25, 0.3) is 0 Å². The van der Waals surface area contributed by atoms with Crippen LogP contribution in [0.15, 0.2) is 0 Å². The van der Waals surface area contributed by atoms with E-state index in [1.54, 1.807) is 0 Å². The number of rotatable bonds is 5.